The van der Waals surface area contributed by atoms with E-state index in [0.717, 1.165) is 20.9 Å². The molecule has 4 amide bonds. The number of para-hydroxylation sites is 4. The normalized spacial score (nSPS) is 15.3. The molecule has 5 rings (SSSR count). The molecule has 42 heavy (non-hydrogen) atoms. The molecular weight excluding hydrogens is 532 g/mol. The van der Waals surface area contributed by atoms with Gasteiger partial charge >= 0.3 is 0 Å². The number of nitrogens with zero attached hydrogens (tertiary/aromatic N) is 2. The van der Waals surface area contributed by atoms with Crippen LogP contribution in [0.3, 0.4) is 0 Å². The first kappa shape index (κ1) is 28.5. The van der Waals surface area contributed by atoms with E-state index in [1.54, 1.807) is 48.5 Å². The van der Waals surface area contributed by atoms with Crippen LogP contribution in [0.4, 0.5) is 11.4 Å². The molecule has 2 heterocycles. The average Bonchev–Trinajstić information content (AvgIpc) is 3.43. The molecule has 2 aliphatic heterocycles. The molecule has 0 aromatic heterocycles. The highest BCUT2D eigenvalue weighted by molar-refractivity contribution is 6.29. The van der Waals surface area contributed by atoms with Gasteiger partial charge in [-0.3, -0.25) is 19.2 Å². The highest BCUT2D eigenvalue weighted by Crippen LogP contribution is 2.46. The Morgan fingerprint density at radius 2 is 0.786 bits per heavy atom. The maximum absolute atomic E-state index is 12.5. The molecule has 0 aliphatic carbocycles. The van der Waals surface area contributed by atoms with Gasteiger partial charge in [-0.25, -0.2) is 9.80 Å². The Kier molecular flexibility index (Phi) is 7.10. The zero-order chi connectivity index (χ0) is 30.4. The maximum Gasteiger partial charge on any atom is 0.258 e. The maximum atomic E-state index is 12.5. The first-order valence-electron chi connectivity index (χ1n) is 13.6. The van der Waals surface area contributed by atoms with Gasteiger partial charge in [-0.15, -0.1) is 0 Å². The smallest absolute Gasteiger partial charge is 0.258 e. The average molecular weight is 565 g/mol. The molecule has 214 valence electrons. The van der Waals surface area contributed by atoms with Gasteiger partial charge in [0.15, 0.2) is 11.5 Å². The summed E-state index contributed by atoms with van der Waals surface area (Å²) in [7, 11) is 0. The third-order valence-corrected chi connectivity index (χ3v) is 6.97. The van der Waals surface area contributed by atoms with Crippen molar-refractivity contribution in [1.82, 2.24) is 0 Å². The second-order valence-electron chi connectivity index (χ2n) is 12.2. The van der Waals surface area contributed by atoms with E-state index in [1.807, 2.05) is 53.7 Å². The molecule has 0 atom stereocenters. The Hall–Kier alpha value is -4.98. The second-order valence-corrected chi connectivity index (χ2v) is 12.2. The van der Waals surface area contributed by atoms with Gasteiger partial charge in [0.05, 0.1) is 11.4 Å². The minimum atomic E-state index is -0.435. The van der Waals surface area contributed by atoms with Gasteiger partial charge in [0, 0.05) is 35.4 Å². The van der Waals surface area contributed by atoms with Crippen molar-refractivity contribution in [2.75, 3.05) is 9.80 Å². The highest BCUT2D eigenvalue weighted by atomic mass is 16.5. The first-order chi connectivity index (χ1) is 19.8. The van der Waals surface area contributed by atoms with Crippen molar-refractivity contribution in [3.63, 3.8) is 0 Å². The number of imide groups is 2. The summed E-state index contributed by atoms with van der Waals surface area (Å²) in [6.07, 6.45) is 4.95. The Morgan fingerprint density at radius 3 is 1.10 bits per heavy atom. The highest BCUT2D eigenvalue weighted by Gasteiger charge is 2.32. The lowest BCUT2D eigenvalue weighted by atomic mass is 9.81. The molecule has 0 bridgehead atoms. The number of benzene rings is 3. The van der Waals surface area contributed by atoms with Gasteiger partial charge in [0.1, 0.15) is 11.5 Å². The number of amides is 4. The van der Waals surface area contributed by atoms with Crippen LogP contribution in [-0.4, -0.2) is 23.6 Å². The molecule has 0 unspecified atom stereocenters. The van der Waals surface area contributed by atoms with Crippen LogP contribution in [0.2, 0.25) is 0 Å². The first-order valence-corrected chi connectivity index (χ1v) is 13.6. The van der Waals surface area contributed by atoms with Gasteiger partial charge in [-0.1, -0.05) is 65.8 Å². The van der Waals surface area contributed by atoms with Crippen LogP contribution < -0.4 is 19.3 Å². The lowest BCUT2D eigenvalue weighted by Crippen LogP contribution is -2.30. The molecular formula is C34H32N2O6. The Labute approximate surface area is 244 Å². The molecule has 0 saturated carbocycles. The van der Waals surface area contributed by atoms with E-state index in [1.165, 1.54) is 24.3 Å². The molecule has 8 nitrogen and oxygen atoms in total. The van der Waals surface area contributed by atoms with Crippen LogP contribution in [0.15, 0.2) is 85.0 Å². The lowest BCUT2D eigenvalue weighted by molar-refractivity contribution is -0.121. The standard InChI is InChI=1S/C34H32N2O6/c1-33(2,3)21-19-28(42-26-14-10-8-12-24(26)36-31(39)17-18-32(36)40)22(34(4,5)6)20-27(21)41-25-13-9-7-11-23(25)35-29(37)15-16-30(35)38/h7-20H,1-6H3. The van der Waals surface area contributed by atoms with Crippen LogP contribution >= 0.6 is 0 Å². The summed E-state index contributed by atoms with van der Waals surface area (Å²) in [5.41, 5.74) is 1.48. The fraction of sp³-hybridized carbons (Fsp3) is 0.235. The second kappa shape index (κ2) is 10.4. The van der Waals surface area contributed by atoms with Crippen molar-refractivity contribution in [1.29, 1.82) is 0 Å². The summed E-state index contributed by atoms with van der Waals surface area (Å²) in [5.74, 6) is 0.0511. The summed E-state index contributed by atoms with van der Waals surface area (Å²) in [6, 6.07) is 17.6. The summed E-state index contributed by atoms with van der Waals surface area (Å²) in [4.78, 5) is 52.1. The van der Waals surface area contributed by atoms with Crippen LogP contribution in [0.1, 0.15) is 52.7 Å². The summed E-state index contributed by atoms with van der Waals surface area (Å²) in [6.45, 7) is 12.3. The van der Waals surface area contributed by atoms with Crippen molar-refractivity contribution in [2.45, 2.75) is 52.4 Å². The SMILES string of the molecule is CC(C)(C)c1cc(Oc2ccccc2N2C(=O)C=CC2=O)c(C(C)(C)C)cc1Oc1ccccc1N1C(=O)C=CC1=O. The van der Waals surface area contributed by atoms with Crippen LogP contribution in [0.5, 0.6) is 23.0 Å². The fourth-order valence-electron chi connectivity index (χ4n) is 4.87. The number of rotatable bonds is 6. The molecule has 0 spiro atoms. The van der Waals surface area contributed by atoms with Gasteiger partial charge in [-0.2, -0.15) is 0 Å². The van der Waals surface area contributed by atoms with Crippen molar-refractivity contribution >= 4 is 35.0 Å². The Morgan fingerprint density at radius 1 is 0.476 bits per heavy atom. The zero-order valence-electron chi connectivity index (χ0n) is 24.4. The molecule has 0 N–H and O–H groups in total. The van der Waals surface area contributed by atoms with E-state index in [0.29, 0.717) is 34.4 Å². The number of anilines is 2. The summed E-state index contributed by atoms with van der Waals surface area (Å²) in [5, 5.41) is 0. The molecule has 0 radical (unpaired) electrons. The third-order valence-electron chi connectivity index (χ3n) is 6.97. The molecule has 3 aromatic rings. The van der Waals surface area contributed by atoms with E-state index in [9.17, 15) is 19.2 Å². The Bertz CT molecular complexity index is 1530. The van der Waals surface area contributed by atoms with Gasteiger partial charge < -0.3 is 9.47 Å². The Balaban J connectivity index is 1.62. The van der Waals surface area contributed by atoms with Crippen molar-refractivity contribution in [3.8, 4) is 23.0 Å². The molecule has 3 aromatic carbocycles. The predicted octanol–water partition coefficient (Wildman–Crippen LogP) is 6.73. The van der Waals surface area contributed by atoms with Crippen molar-refractivity contribution < 1.29 is 28.7 Å². The van der Waals surface area contributed by atoms with Crippen LogP contribution in [0.25, 0.3) is 0 Å². The minimum Gasteiger partial charge on any atom is -0.455 e. The van der Waals surface area contributed by atoms with E-state index >= 15 is 0 Å². The predicted molar refractivity (Wildman–Crippen MR) is 160 cm³/mol. The van der Waals surface area contributed by atoms with Gasteiger partial charge in [0.25, 0.3) is 23.6 Å². The summed E-state index contributed by atoms with van der Waals surface area (Å²) < 4.78 is 13.0. The number of hydrogen-bond donors (Lipinski definition) is 0. The van der Waals surface area contributed by atoms with E-state index in [-0.39, 0.29) is 0 Å². The minimum absolute atomic E-state index is 0.345. The van der Waals surface area contributed by atoms with E-state index in [4.69, 9.17) is 9.47 Å². The summed E-state index contributed by atoms with van der Waals surface area (Å²) >= 11 is 0. The zero-order valence-corrected chi connectivity index (χ0v) is 24.4. The fourth-order valence-corrected chi connectivity index (χ4v) is 4.87. The molecule has 2 aliphatic rings. The molecule has 0 fully saturated rings. The molecule has 0 saturated heterocycles. The number of carbonyl (C=O) groups excluding carboxylic acids is 4. The van der Waals surface area contributed by atoms with E-state index < -0.39 is 34.5 Å². The van der Waals surface area contributed by atoms with E-state index in [2.05, 4.69) is 0 Å². The quantitative estimate of drug-likeness (QED) is 0.309. The number of hydrogen-bond acceptors (Lipinski definition) is 6. The third kappa shape index (κ3) is 5.35. The van der Waals surface area contributed by atoms with Gasteiger partial charge in [0.2, 0.25) is 0 Å². The van der Waals surface area contributed by atoms with Gasteiger partial charge in [-0.05, 0) is 47.2 Å². The lowest BCUT2D eigenvalue weighted by Gasteiger charge is -2.30. The number of ether oxygens (including phenoxy) is 2. The topological polar surface area (TPSA) is 93.2 Å². The van der Waals surface area contributed by atoms with Crippen molar-refractivity contribution in [2.24, 2.45) is 0 Å². The largest absolute Gasteiger partial charge is 0.455 e. The van der Waals surface area contributed by atoms with Crippen molar-refractivity contribution in [3.05, 3.63) is 96.1 Å². The molecule has 8 heteroatoms. The van der Waals surface area contributed by atoms with Crippen LogP contribution in [0, 0.1) is 0 Å². The van der Waals surface area contributed by atoms with Crippen LogP contribution in [-0.2, 0) is 30.0 Å². The number of carbonyl (C=O) groups is 4. The monoisotopic (exact) mass is 564 g/mol.